The lowest BCUT2D eigenvalue weighted by Gasteiger charge is -2.08. The SMILES string of the molecule is CC(C)NCCC(=O)Nc1ccc(CC#N)cc1. The number of nitriles is 1. The number of nitrogens with one attached hydrogen (secondary N) is 2. The number of hydrogen-bond donors (Lipinski definition) is 2. The Morgan fingerprint density at radius 1 is 1.33 bits per heavy atom. The summed E-state index contributed by atoms with van der Waals surface area (Å²) in [5.41, 5.74) is 1.73. The van der Waals surface area contributed by atoms with Gasteiger partial charge in [0, 0.05) is 24.7 Å². The van der Waals surface area contributed by atoms with Crippen molar-refractivity contribution in [3.63, 3.8) is 0 Å². The maximum absolute atomic E-state index is 11.6. The number of rotatable bonds is 6. The Balaban J connectivity index is 2.38. The molecule has 1 amide bonds. The lowest BCUT2D eigenvalue weighted by molar-refractivity contribution is -0.116. The topological polar surface area (TPSA) is 64.9 Å². The highest BCUT2D eigenvalue weighted by atomic mass is 16.1. The molecule has 0 bridgehead atoms. The van der Waals surface area contributed by atoms with Crippen LogP contribution in [-0.4, -0.2) is 18.5 Å². The molecule has 1 aromatic rings. The van der Waals surface area contributed by atoms with Crippen molar-refractivity contribution in [1.29, 1.82) is 5.26 Å². The summed E-state index contributed by atoms with van der Waals surface area (Å²) in [7, 11) is 0. The Morgan fingerprint density at radius 2 is 2.00 bits per heavy atom. The minimum Gasteiger partial charge on any atom is -0.326 e. The molecule has 0 heterocycles. The number of anilines is 1. The fourth-order valence-corrected chi connectivity index (χ4v) is 1.50. The van der Waals surface area contributed by atoms with Crippen LogP contribution in [0.1, 0.15) is 25.8 Å². The zero-order chi connectivity index (χ0) is 13.4. The van der Waals surface area contributed by atoms with Gasteiger partial charge in [-0.2, -0.15) is 5.26 Å². The molecule has 0 saturated carbocycles. The lowest BCUT2D eigenvalue weighted by Crippen LogP contribution is -2.27. The highest BCUT2D eigenvalue weighted by molar-refractivity contribution is 5.90. The summed E-state index contributed by atoms with van der Waals surface area (Å²) < 4.78 is 0. The molecular weight excluding hydrogens is 226 g/mol. The smallest absolute Gasteiger partial charge is 0.225 e. The summed E-state index contributed by atoms with van der Waals surface area (Å²) in [5, 5.41) is 14.6. The standard InChI is InChI=1S/C14H19N3O/c1-11(2)16-10-8-14(18)17-13-5-3-12(4-6-13)7-9-15/h3-6,11,16H,7-8,10H2,1-2H3,(H,17,18). The summed E-state index contributed by atoms with van der Waals surface area (Å²) in [6, 6.07) is 9.82. The third kappa shape index (κ3) is 5.46. The van der Waals surface area contributed by atoms with E-state index in [0.717, 1.165) is 11.3 Å². The Hall–Kier alpha value is -1.86. The van der Waals surface area contributed by atoms with Crippen LogP contribution >= 0.6 is 0 Å². The van der Waals surface area contributed by atoms with E-state index >= 15 is 0 Å². The van der Waals surface area contributed by atoms with Crippen LogP contribution in [0.2, 0.25) is 0 Å². The van der Waals surface area contributed by atoms with Crippen molar-refractivity contribution in [2.45, 2.75) is 32.7 Å². The van der Waals surface area contributed by atoms with E-state index in [4.69, 9.17) is 5.26 Å². The maximum Gasteiger partial charge on any atom is 0.225 e. The summed E-state index contributed by atoms with van der Waals surface area (Å²) in [5.74, 6) is -0.00353. The normalized spacial score (nSPS) is 10.1. The van der Waals surface area contributed by atoms with Gasteiger partial charge in [-0.15, -0.1) is 0 Å². The predicted octanol–water partition coefficient (Wildman–Crippen LogP) is 2.08. The van der Waals surface area contributed by atoms with Gasteiger partial charge in [0.15, 0.2) is 0 Å². The van der Waals surface area contributed by atoms with Crippen molar-refractivity contribution in [3.8, 4) is 6.07 Å². The van der Waals surface area contributed by atoms with Gasteiger partial charge in [-0.05, 0) is 17.7 Å². The molecule has 2 N–H and O–H groups in total. The molecule has 0 unspecified atom stereocenters. The van der Waals surface area contributed by atoms with Crippen LogP contribution in [0.4, 0.5) is 5.69 Å². The predicted molar refractivity (Wildman–Crippen MR) is 72.1 cm³/mol. The highest BCUT2D eigenvalue weighted by Crippen LogP contribution is 2.10. The largest absolute Gasteiger partial charge is 0.326 e. The van der Waals surface area contributed by atoms with Gasteiger partial charge in [0.1, 0.15) is 0 Å². The molecule has 1 aromatic carbocycles. The van der Waals surface area contributed by atoms with Gasteiger partial charge in [0.05, 0.1) is 12.5 Å². The van der Waals surface area contributed by atoms with Gasteiger partial charge < -0.3 is 10.6 Å². The van der Waals surface area contributed by atoms with Crippen LogP contribution in [0.25, 0.3) is 0 Å². The van der Waals surface area contributed by atoms with E-state index in [2.05, 4.69) is 16.7 Å². The zero-order valence-corrected chi connectivity index (χ0v) is 10.9. The zero-order valence-electron chi connectivity index (χ0n) is 10.9. The first kappa shape index (κ1) is 14.2. The molecule has 0 aliphatic carbocycles. The first-order chi connectivity index (χ1) is 8.61. The van der Waals surface area contributed by atoms with Crippen LogP contribution in [-0.2, 0) is 11.2 Å². The third-order valence-corrected chi connectivity index (χ3v) is 2.43. The minimum absolute atomic E-state index is 0.00353. The Kier molecular flexibility index (Phi) is 5.89. The second-order valence-electron chi connectivity index (χ2n) is 4.44. The molecular formula is C14H19N3O. The molecule has 0 aliphatic heterocycles. The van der Waals surface area contributed by atoms with E-state index in [1.165, 1.54) is 0 Å². The average Bonchev–Trinajstić information content (AvgIpc) is 2.31. The number of amides is 1. The van der Waals surface area contributed by atoms with Crippen LogP contribution in [0, 0.1) is 11.3 Å². The van der Waals surface area contributed by atoms with Crippen LogP contribution in [0.3, 0.4) is 0 Å². The molecule has 0 saturated heterocycles. The van der Waals surface area contributed by atoms with Gasteiger partial charge >= 0.3 is 0 Å². The van der Waals surface area contributed by atoms with E-state index < -0.39 is 0 Å². The molecule has 96 valence electrons. The minimum atomic E-state index is -0.00353. The van der Waals surface area contributed by atoms with Gasteiger partial charge in [-0.1, -0.05) is 26.0 Å². The van der Waals surface area contributed by atoms with E-state index in [0.29, 0.717) is 25.4 Å². The molecule has 0 radical (unpaired) electrons. The molecule has 0 spiro atoms. The first-order valence-corrected chi connectivity index (χ1v) is 6.11. The fourth-order valence-electron chi connectivity index (χ4n) is 1.50. The highest BCUT2D eigenvalue weighted by Gasteiger charge is 2.02. The van der Waals surface area contributed by atoms with Crippen molar-refractivity contribution >= 4 is 11.6 Å². The van der Waals surface area contributed by atoms with E-state index in [1.807, 2.05) is 38.1 Å². The number of hydrogen-bond acceptors (Lipinski definition) is 3. The Bertz CT molecular complexity index is 418. The van der Waals surface area contributed by atoms with E-state index in [-0.39, 0.29) is 5.91 Å². The second kappa shape index (κ2) is 7.46. The van der Waals surface area contributed by atoms with Gasteiger partial charge in [-0.3, -0.25) is 4.79 Å². The van der Waals surface area contributed by atoms with E-state index in [1.54, 1.807) is 0 Å². The van der Waals surface area contributed by atoms with Crippen molar-refractivity contribution in [3.05, 3.63) is 29.8 Å². The fraction of sp³-hybridized carbons (Fsp3) is 0.429. The summed E-state index contributed by atoms with van der Waals surface area (Å²) in [4.78, 5) is 11.6. The van der Waals surface area contributed by atoms with Crippen molar-refractivity contribution in [2.75, 3.05) is 11.9 Å². The molecule has 0 aromatic heterocycles. The van der Waals surface area contributed by atoms with Crippen molar-refractivity contribution < 1.29 is 4.79 Å². The number of benzene rings is 1. The summed E-state index contributed by atoms with van der Waals surface area (Å²) in [6.07, 6.45) is 0.852. The number of nitrogens with zero attached hydrogens (tertiary/aromatic N) is 1. The molecule has 4 nitrogen and oxygen atoms in total. The Labute approximate surface area is 108 Å². The van der Waals surface area contributed by atoms with E-state index in [9.17, 15) is 4.79 Å². The molecule has 18 heavy (non-hydrogen) atoms. The number of carbonyl (C=O) groups is 1. The second-order valence-corrected chi connectivity index (χ2v) is 4.44. The van der Waals surface area contributed by atoms with Crippen molar-refractivity contribution in [2.24, 2.45) is 0 Å². The number of carbonyl (C=O) groups excluding carboxylic acids is 1. The molecule has 1 rings (SSSR count). The van der Waals surface area contributed by atoms with Gasteiger partial charge in [-0.25, -0.2) is 0 Å². The summed E-state index contributed by atoms with van der Waals surface area (Å²) >= 11 is 0. The van der Waals surface area contributed by atoms with Crippen molar-refractivity contribution in [1.82, 2.24) is 5.32 Å². The maximum atomic E-state index is 11.6. The third-order valence-electron chi connectivity index (χ3n) is 2.43. The summed E-state index contributed by atoms with van der Waals surface area (Å²) in [6.45, 7) is 4.77. The average molecular weight is 245 g/mol. The molecule has 0 atom stereocenters. The van der Waals surface area contributed by atoms with Gasteiger partial charge in [0.2, 0.25) is 5.91 Å². The van der Waals surface area contributed by atoms with Crippen LogP contribution in [0.5, 0.6) is 0 Å². The quantitative estimate of drug-likeness (QED) is 0.806. The Morgan fingerprint density at radius 3 is 2.56 bits per heavy atom. The molecule has 0 aliphatic rings. The molecule has 4 heteroatoms. The van der Waals surface area contributed by atoms with Crippen LogP contribution < -0.4 is 10.6 Å². The first-order valence-electron chi connectivity index (χ1n) is 6.11. The monoisotopic (exact) mass is 245 g/mol. The lowest BCUT2D eigenvalue weighted by atomic mass is 10.1. The van der Waals surface area contributed by atoms with Gasteiger partial charge in [0.25, 0.3) is 0 Å². The molecule has 0 fully saturated rings. The van der Waals surface area contributed by atoms with Crippen LogP contribution in [0.15, 0.2) is 24.3 Å².